The van der Waals surface area contributed by atoms with E-state index in [-0.39, 0.29) is 11.7 Å². The van der Waals surface area contributed by atoms with Crippen molar-refractivity contribution < 1.29 is 9.18 Å². The number of carbonyl (C=O) groups is 1. The molecule has 0 aliphatic heterocycles. The maximum Gasteiger partial charge on any atom is 0.225 e. The first-order valence-corrected chi connectivity index (χ1v) is 9.14. The molecule has 0 unspecified atom stereocenters. The van der Waals surface area contributed by atoms with Gasteiger partial charge in [0.1, 0.15) is 5.82 Å². The van der Waals surface area contributed by atoms with Gasteiger partial charge in [-0.15, -0.1) is 0 Å². The van der Waals surface area contributed by atoms with E-state index in [1.54, 1.807) is 12.1 Å². The molecule has 2 aromatic rings. The van der Waals surface area contributed by atoms with Crippen molar-refractivity contribution >= 4 is 17.3 Å². The summed E-state index contributed by atoms with van der Waals surface area (Å²) in [5.74, 6) is -0.259. The summed E-state index contributed by atoms with van der Waals surface area (Å²) in [5, 5.41) is 6.17. The van der Waals surface area contributed by atoms with E-state index in [0.717, 1.165) is 29.9 Å². The Morgan fingerprint density at radius 2 is 1.77 bits per heavy atom. The van der Waals surface area contributed by atoms with Crippen molar-refractivity contribution in [3.05, 3.63) is 59.4 Å². The molecular formula is C21H28FN3O. The summed E-state index contributed by atoms with van der Waals surface area (Å²) in [4.78, 5) is 14.4. The average molecular weight is 357 g/mol. The summed E-state index contributed by atoms with van der Waals surface area (Å²) < 4.78 is 12.9. The standard InChI is InChI=1S/C21H28FN3O/c1-4-25(5-2)19-10-11-20(16(3)14-19)24-21(26)12-13-23-15-17-6-8-18(22)9-7-17/h6-11,14,23H,4-5,12-13,15H2,1-3H3,(H,24,26). The number of nitrogens with one attached hydrogen (secondary N) is 2. The molecule has 0 atom stereocenters. The molecule has 0 saturated carbocycles. The fourth-order valence-electron chi connectivity index (χ4n) is 2.82. The normalized spacial score (nSPS) is 10.6. The molecule has 0 bridgehead atoms. The van der Waals surface area contributed by atoms with Gasteiger partial charge in [0, 0.05) is 44.0 Å². The molecule has 0 spiro atoms. The monoisotopic (exact) mass is 357 g/mol. The van der Waals surface area contributed by atoms with Crippen LogP contribution in [0.5, 0.6) is 0 Å². The van der Waals surface area contributed by atoms with Gasteiger partial charge in [-0.2, -0.15) is 0 Å². The summed E-state index contributed by atoms with van der Waals surface area (Å²) >= 11 is 0. The Morgan fingerprint density at radius 1 is 1.08 bits per heavy atom. The van der Waals surface area contributed by atoms with Crippen LogP contribution in [-0.2, 0) is 11.3 Å². The van der Waals surface area contributed by atoms with Crippen molar-refractivity contribution in [2.75, 3.05) is 29.9 Å². The zero-order chi connectivity index (χ0) is 18.9. The Kier molecular flexibility index (Phi) is 7.60. The third-order valence-corrected chi connectivity index (χ3v) is 4.38. The van der Waals surface area contributed by atoms with Crippen LogP contribution >= 0.6 is 0 Å². The van der Waals surface area contributed by atoms with E-state index >= 15 is 0 Å². The Hall–Kier alpha value is -2.40. The highest BCUT2D eigenvalue weighted by Gasteiger charge is 2.08. The molecule has 1 amide bonds. The molecule has 2 aromatic carbocycles. The van der Waals surface area contributed by atoms with Crippen molar-refractivity contribution in [3.8, 4) is 0 Å². The average Bonchev–Trinajstić information content (AvgIpc) is 2.63. The van der Waals surface area contributed by atoms with Crippen molar-refractivity contribution in [2.24, 2.45) is 0 Å². The molecule has 140 valence electrons. The van der Waals surface area contributed by atoms with Gasteiger partial charge in [0.05, 0.1) is 0 Å². The largest absolute Gasteiger partial charge is 0.372 e. The van der Waals surface area contributed by atoms with Gasteiger partial charge in [-0.05, 0) is 62.2 Å². The zero-order valence-electron chi connectivity index (χ0n) is 15.8. The maximum atomic E-state index is 12.9. The van der Waals surface area contributed by atoms with Crippen LogP contribution in [-0.4, -0.2) is 25.5 Å². The molecule has 0 aliphatic carbocycles. The van der Waals surface area contributed by atoms with Gasteiger partial charge in [-0.3, -0.25) is 4.79 Å². The molecule has 0 heterocycles. The quantitative estimate of drug-likeness (QED) is 0.664. The minimum atomic E-state index is -0.240. The van der Waals surface area contributed by atoms with Crippen LogP contribution in [0.25, 0.3) is 0 Å². The van der Waals surface area contributed by atoms with Gasteiger partial charge in [0.25, 0.3) is 0 Å². The van der Waals surface area contributed by atoms with Gasteiger partial charge in [0.15, 0.2) is 0 Å². The zero-order valence-corrected chi connectivity index (χ0v) is 15.8. The van der Waals surface area contributed by atoms with E-state index in [1.165, 1.54) is 17.8 Å². The number of amides is 1. The second-order valence-corrected chi connectivity index (χ2v) is 6.27. The first kappa shape index (κ1) is 19.9. The molecule has 26 heavy (non-hydrogen) atoms. The maximum absolute atomic E-state index is 12.9. The number of halogens is 1. The minimum Gasteiger partial charge on any atom is -0.372 e. The first-order chi connectivity index (χ1) is 12.5. The van der Waals surface area contributed by atoms with Gasteiger partial charge < -0.3 is 15.5 Å². The number of hydrogen-bond donors (Lipinski definition) is 2. The molecule has 0 aromatic heterocycles. The highest BCUT2D eigenvalue weighted by atomic mass is 19.1. The van der Waals surface area contributed by atoms with E-state index in [9.17, 15) is 9.18 Å². The van der Waals surface area contributed by atoms with E-state index in [4.69, 9.17) is 0 Å². The predicted molar refractivity (Wildman–Crippen MR) is 106 cm³/mol. The molecule has 0 aliphatic rings. The molecule has 0 saturated heterocycles. The second kappa shape index (κ2) is 9.92. The van der Waals surface area contributed by atoms with Crippen molar-refractivity contribution in [2.45, 2.75) is 33.7 Å². The fraction of sp³-hybridized carbons (Fsp3) is 0.381. The Bertz CT molecular complexity index is 712. The van der Waals surface area contributed by atoms with Crippen LogP contribution in [0.4, 0.5) is 15.8 Å². The number of aryl methyl sites for hydroxylation is 1. The van der Waals surface area contributed by atoms with Crippen LogP contribution in [0, 0.1) is 12.7 Å². The van der Waals surface area contributed by atoms with Gasteiger partial charge in [-0.25, -0.2) is 4.39 Å². The Morgan fingerprint density at radius 3 is 2.38 bits per heavy atom. The predicted octanol–water partition coefficient (Wildman–Crippen LogP) is 4.10. The van der Waals surface area contributed by atoms with Crippen LogP contribution < -0.4 is 15.5 Å². The summed E-state index contributed by atoms with van der Waals surface area (Å²) in [6, 6.07) is 12.5. The summed E-state index contributed by atoms with van der Waals surface area (Å²) in [6.45, 7) is 9.38. The first-order valence-electron chi connectivity index (χ1n) is 9.14. The lowest BCUT2D eigenvalue weighted by molar-refractivity contribution is -0.116. The van der Waals surface area contributed by atoms with Crippen molar-refractivity contribution in [3.63, 3.8) is 0 Å². The van der Waals surface area contributed by atoms with E-state index in [1.807, 2.05) is 19.1 Å². The molecule has 5 heteroatoms. The third-order valence-electron chi connectivity index (χ3n) is 4.38. The van der Waals surface area contributed by atoms with Crippen molar-refractivity contribution in [1.29, 1.82) is 0 Å². The molecule has 4 nitrogen and oxygen atoms in total. The lowest BCUT2D eigenvalue weighted by Gasteiger charge is -2.22. The van der Waals surface area contributed by atoms with Gasteiger partial charge >= 0.3 is 0 Å². The smallest absolute Gasteiger partial charge is 0.225 e. The number of rotatable bonds is 9. The van der Waals surface area contributed by atoms with E-state index in [0.29, 0.717) is 19.5 Å². The van der Waals surface area contributed by atoms with Gasteiger partial charge in [-0.1, -0.05) is 12.1 Å². The number of anilines is 2. The molecule has 2 N–H and O–H groups in total. The topological polar surface area (TPSA) is 44.4 Å². The summed E-state index contributed by atoms with van der Waals surface area (Å²) in [6.07, 6.45) is 0.387. The number of carbonyl (C=O) groups excluding carboxylic acids is 1. The highest BCUT2D eigenvalue weighted by molar-refractivity contribution is 5.91. The third kappa shape index (κ3) is 5.85. The Labute approximate surface area is 155 Å². The number of benzene rings is 2. The SMILES string of the molecule is CCN(CC)c1ccc(NC(=O)CCNCc2ccc(F)cc2)c(C)c1. The number of hydrogen-bond acceptors (Lipinski definition) is 3. The molecule has 0 radical (unpaired) electrons. The number of nitrogens with zero attached hydrogens (tertiary/aromatic N) is 1. The lowest BCUT2D eigenvalue weighted by Crippen LogP contribution is -2.23. The van der Waals surface area contributed by atoms with Crippen LogP contribution in [0.15, 0.2) is 42.5 Å². The minimum absolute atomic E-state index is 0.0182. The lowest BCUT2D eigenvalue weighted by atomic mass is 10.1. The molecule has 2 rings (SSSR count). The molecule has 0 fully saturated rings. The molecular weight excluding hydrogens is 329 g/mol. The van der Waals surface area contributed by atoms with Crippen molar-refractivity contribution in [1.82, 2.24) is 5.32 Å². The summed E-state index contributed by atoms with van der Waals surface area (Å²) in [7, 11) is 0. The summed E-state index contributed by atoms with van der Waals surface area (Å²) in [5.41, 5.74) is 4.08. The highest BCUT2D eigenvalue weighted by Crippen LogP contribution is 2.22. The Balaban J connectivity index is 1.79. The van der Waals surface area contributed by atoms with Crippen LogP contribution in [0.3, 0.4) is 0 Å². The van der Waals surface area contributed by atoms with Crippen LogP contribution in [0.2, 0.25) is 0 Å². The van der Waals surface area contributed by atoms with E-state index < -0.39 is 0 Å². The van der Waals surface area contributed by atoms with E-state index in [2.05, 4.69) is 35.4 Å². The van der Waals surface area contributed by atoms with Crippen LogP contribution in [0.1, 0.15) is 31.4 Å². The second-order valence-electron chi connectivity index (χ2n) is 6.27. The van der Waals surface area contributed by atoms with Gasteiger partial charge in [0.2, 0.25) is 5.91 Å². The fourth-order valence-corrected chi connectivity index (χ4v) is 2.82.